The molecule has 12 nitrogen and oxygen atoms in total. The zero-order chi connectivity index (χ0) is 33.1. The quantitative estimate of drug-likeness (QED) is 0.109. The van der Waals surface area contributed by atoms with Gasteiger partial charge in [0.2, 0.25) is 12.6 Å². The molecule has 6 aromatic rings. The Hall–Kier alpha value is -6.04. The number of nitrogens with one attached hydrogen (secondary N) is 2. The van der Waals surface area contributed by atoms with E-state index in [9.17, 15) is 19.2 Å². The van der Waals surface area contributed by atoms with Crippen molar-refractivity contribution in [1.29, 1.82) is 0 Å². The smallest absolute Gasteiger partial charge is 0.357 e. The van der Waals surface area contributed by atoms with E-state index in [1.807, 2.05) is 0 Å². The van der Waals surface area contributed by atoms with Crippen molar-refractivity contribution >= 4 is 46.1 Å². The van der Waals surface area contributed by atoms with Gasteiger partial charge < -0.3 is 37.7 Å². The fraction of sp³-hybridized carbons (Fsp3) is 0.200. The molecule has 0 saturated heterocycles. The van der Waals surface area contributed by atoms with Gasteiger partial charge in [-0.1, -0.05) is 51.1 Å². The average molecular weight is 639 g/mol. The summed E-state index contributed by atoms with van der Waals surface area (Å²) in [7, 11) is 0. The molecule has 0 saturated carbocycles. The summed E-state index contributed by atoms with van der Waals surface area (Å²) in [6.45, 7) is 5.25. The molecule has 47 heavy (non-hydrogen) atoms. The van der Waals surface area contributed by atoms with Crippen molar-refractivity contribution in [3.8, 4) is 11.3 Å². The summed E-state index contributed by atoms with van der Waals surface area (Å²) in [6, 6.07) is 21.3. The van der Waals surface area contributed by atoms with Gasteiger partial charge in [0.05, 0.1) is 28.4 Å². The number of carbonyl (C=O) groups is 4. The van der Waals surface area contributed by atoms with Crippen LogP contribution in [-0.4, -0.2) is 46.4 Å². The Bertz CT molecular complexity index is 2000. The molecule has 0 aliphatic rings. The monoisotopic (exact) mass is 638 g/mol. The number of carbonyl (C=O) groups excluding carboxylic acids is 4. The summed E-state index contributed by atoms with van der Waals surface area (Å²) >= 11 is 0. The molecule has 0 fully saturated rings. The fourth-order valence-electron chi connectivity index (χ4n) is 4.71. The Morgan fingerprint density at radius 1 is 0.681 bits per heavy atom. The van der Waals surface area contributed by atoms with E-state index in [2.05, 4.69) is 9.97 Å². The van der Waals surface area contributed by atoms with Gasteiger partial charge in [0, 0.05) is 42.2 Å². The van der Waals surface area contributed by atoms with Crippen LogP contribution in [0.25, 0.3) is 33.5 Å². The Kier molecular flexibility index (Phi) is 8.65. The van der Waals surface area contributed by atoms with E-state index in [1.165, 1.54) is 18.4 Å². The normalized spacial score (nSPS) is 12.6. The van der Waals surface area contributed by atoms with Crippen molar-refractivity contribution in [2.75, 3.05) is 0 Å². The van der Waals surface area contributed by atoms with Crippen LogP contribution in [0.1, 0.15) is 68.9 Å². The zero-order valence-electron chi connectivity index (χ0n) is 25.6. The molecule has 0 aliphatic heterocycles. The van der Waals surface area contributed by atoms with Crippen molar-refractivity contribution in [2.24, 2.45) is 5.92 Å². The molecule has 0 spiro atoms. The summed E-state index contributed by atoms with van der Waals surface area (Å²) in [5, 5.41) is 0. The van der Waals surface area contributed by atoms with Crippen molar-refractivity contribution in [2.45, 2.75) is 39.8 Å². The summed E-state index contributed by atoms with van der Waals surface area (Å²) in [5.74, 6) is -2.59. The van der Waals surface area contributed by atoms with Crippen LogP contribution < -0.4 is 0 Å². The van der Waals surface area contributed by atoms with Gasteiger partial charge in [0.25, 0.3) is 0 Å². The largest absolute Gasteiger partial charge is 0.463 e. The summed E-state index contributed by atoms with van der Waals surface area (Å²) in [5.41, 5.74) is 3.44. The molecule has 0 amide bonds. The lowest BCUT2D eigenvalue weighted by Crippen LogP contribution is -2.29. The van der Waals surface area contributed by atoms with Crippen LogP contribution in [0.15, 0.2) is 94.0 Å². The lowest BCUT2D eigenvalue weighted by atomic mass is 10.1. The highest BCUT2D eigenvalue weighted by atomic mass is 16.7. The highest BCUT2D eigenvalue weighted by molar-refractivity contribution is 5.96. The van der Waals surface area contributed by atoms with E-state index >= 15 is 0 Å². The maximum atomic E-state index is 13.0. The second kappa shape index (κ2) is 13.1. The van der Waals surface area contributed by atoms with Crippen molar-refractivity contribution in [1.82, 2.24) is 9.97 Å². The van der Waals surface area contributed by atoms with Gasteiger partial charge in [0.15, 0.2) is 11.2 Å². The SMILES string of the molecule is CCC(OC(=O)c1cccc(-c2cc3[nH]c(C(=O)OC(OC(=O)c4ccccc4)C(C)C)cc3o2)c1)OC(=O)c1cc2occc2[nH]1. The first-order valence-corrected chi connectivity index (χ1v) is 14.9. The number of rotatable bonds is 11. The van der Waals surface area contributed by atoms with Crippen molar-refractivity contribution < 1.29 is 47.0 Å². The highest BCUT2D eigenvalue weighted by Crippen LogP contribution is 2.30. The molecule has 0 radical (unpaired) electrons. The van der Waals surface area contributed by atoms with E-state index in [0.717, 1.165) is 0 Å². The minimum atomic E-state index is -1.12. The predicted octanol–water partition coefficient (Wildman–Crippen LogP) is 7.25. The average Bonchev–Trinajstić information content (AvgIpc) is 3.85. The van der Waals surface area contributed by atoms with Crippen LogP contribution in [0.5, 0.6) is 0 Å². The number of H-pyrrole nitrogens is 2. The number of benzene rings is 2. The number of hydrogen-bond donors (Lipinski definition) is 2. The Labute approximate surface area is 267 Å². The Morgan fingerprint density at radius 3 is 2.02 bits per heavy atom. The standard InChI is InChI=1S/C35H30N2O10/c1-4-30(45-33(40)25-17-28-23(36-25)13-14-42-28)44-32(39)22-12-8-11-21(15-22)27-16-24-29(43-27)18-26(37-24)34(41)47-35(19(2)3)46-31(38)20-9-6-5-7-10-20/h5-19,30,35-37H,4H2,1-3H3. The molecule has 4 aromatic heterocycles. The summed E-state index contributed by atoms with van der Waals surface area (Å²) in [4.78, 5) is 56.9. The van der Waals surface area contributed by atoms with Crippen LogP contribution in [0, 0.1) is 5.92 Å². The summed E-state index contributed by atoms with van der Waals surface area (Å²) < 4.78 is 33.0. The number of aromatic amines is 2. The van der Waals surface area contributed by atoms with Gasteiger partial charge in [-0.2, -0.15) is 0 Å². The second-order valence-corrected chi connectivity index (χ2v) is 11.0. The molecule has 2 unspecified atom stereocenters. The molecular formula is C35H30N2O10. The van der Waals surface area contributed by atoms with Crippen LogP contribution in [0.3, 0.4) is 0 Å². The fourth-order valence-corrected chi connectivity index (χ4v) is 4.71. The molecule has 4 heterocycles. The van der Waals surface area contributed by atoms with Crippen LogP contribution in [-0.2, 0) is 18.9 Å². The number of fused-ring (bicyclic) bond motifs is 2. The second-order valence-electron chi connectivity index (χ2n) is 11.0. The van der Waals surface area contributed by atoms with E-state index in [4.69, 9.17) is 27.8 Å². The van der Waals surface area contributed by atoms with Gasteiger partial charge >= 0.3 is 23.9 Å². The third-order valence-corrected chi connectivity index (χ3v) is 7.18. The maximum Gasteiger partial charge on any atom is 0.357 e. The van der Waals surface area contributed by atoms with Crippen LogP contribution in [0.2, 0.25) is 0 Å². The Balaban J connectivity index is 1.10. The number of hydrogen-bond acceptors (Lipinski definition) is 10. The number of aromatic nitrogens is 2. The molecule has 2 aromatic carbocycles. The molecule has 0 aliphatic carbocycles. The summed E-state index contributed by atoms with van der Waals surface area (Å²) in [6.07, 6.45) is -0.504. The molecule has 0 bridgehead atoms. The first-order chi connectivity index (χ1) is 22.7. The molecular weight excluding hydrogens is 608 g/mol. The van der Waals surface area contributed by atoms with E-state index in [-0.39, 0.29) is 29.3 Å². The van der Waals surface area contributed by atoms with E-state index < -0.39 is 36.5 Å². The molecule has 6 rings (SSSR count). The third kappa shape index (κ3) is 6.81. The van der Waals surface area contributed by atoms with Crippen molar-refractivity contribution in [3.63, 3.8) is 0 Å². The van der Waals surface area contributed by atoms with Gasteiger partial charge in [-0.25, -0.2) is 19.2 Å². The topological polar surface area (TPSA) is 163 Å². The minimum Gasteiger partial charge on any atom is -0.463 e. The maximum absolute atomic E-state index is 13.0. The predicted molar refractivity (Wildman–Crippen MR) is 167 cm³/mol. The van der Waals surface area contributed by atoms with Gasteiger partial charge in [0.1, 0.15) is 17.1 Å². The zero-order valence-corrected chi connectivity index (χ0v) is 25.6. The van der Waals surface area contributed by atoms with Crippen LogP contribution in [0.4, 0.5) is 0 Å². The molecule has 240 valence electrons. The van der Waals surface area contributed by atoms with E-state index in [0.29, 0.717) is 39.1 Å². The van der Waals surface area contributed by atoms with Gasteiger partial charge in [-0.15, -0.1) is 0 Å². The molecule has 12 heteroatoms. The number of furan rings is 2. The lowest BCUT2D eigenvalue weighted by molar-refractivity contribution is -0.102. The lowest BCUT2D eigenvalue weighted by Gasteiger charge is -2.21. The van der Waals surface area contributed by atoms with Gasteiger partial charge in [-0.3, -0.25) is 0 Å². The van der Waals surface area contributed by atoms with Crippen molar-refractivity contribution in [3.05, 3.63) is 108 Å². The Morgan fingerprint density at radius 2 is 1.32 bits per heavy atom. The van der Waals surface area contributed by atoms with Gasteiger partial charge in [-0.05, 0) is 24.3 Å². The van der Waals surface area contributed by atoms with E-state index in [1.54, 1.807) is 87.5 Å². The first-order valence-electron chi connectivity index (χ1n) is 14.9. The first kappa shape index (κ1) is 31.0. The van der Waals surface area contributed by atoms with Crippen LogP contribution >= 0.6 is 0 Å². The highest BCUT2D eigenvalue weighted by Gasteiger charge is 2.26. The molecule has 2 atom stereocenters. The molecule has 2 N–H and O–H groups in total. The third-order valence-electron chi connectivity index (χ3n) is 7.18. The number of esters is 4. The minimum absolute atomic E-state index is 0.108. The number of ether oxygens (including phenoxy) is 4.